The van der Waals surface area contributed by atoms with Crippen LogP contribution >= 0.6 is 11.6 Å². The van der Waals surface area contributed by atoms with Crippen molar-refractivity contribution in [2.45, 2.75) is 39.3 Å². The fourth-order valence-corrected chi connectivity index (χ4v) is 2.22. The van der Waals surface area contributed by atoms with E-state index in [-0.39, 0.29) is 18.0 Å². The van der Waals surface area contributed by atoms with E-state index in [1.807, 2.05) is 37.5 Å². The van der Waals surface area contributed by atoms with Crippen molar-refractivity contribution < 1.29 is 4.79 Å². The number of fused-ring (bicyclic) bond motifs is 1. The first-order valence-corrected chi connectivity index (χ1v) is 7.11. The molecule has 0 aliphatic rings. The van der Waals surface area contributed by atoms with E-state index in [0.29, 0.717) is 12.3 Å². The fourth-order valence-electron chi connectivity index (χ4n) is 2.05. The summed E-state index contributed by atoms with van der Waals surface area (Å²) >= 11 is 5.80. The van der Waals surface area contributed by atoms with E-state index in [1.165, 1.54) is 0 Å². The molecule has 6 heteroatoms. The third kappa shape index (κ3) is 3.48. The lowest BCUT2D eigenvalue weighted by Gasteiger charge is -2.21. The highest BCUT2D eigenvalue weighted by molar-refractivity contribution is 6.17. The van der Waals surface area contributed by atoms with Gasteiger partial charge in [-0.1, -0.05) is 0 Å². The second-order valence-corrected chi connectivity index (χ2v) is 6.08. The van der Waals surface area contributed by atoms with Crippen molar-refractivity contribution in [2.75, 3.05) is 5.88 Å². The van der Waals surface area contributed by atoms with Gasteiger partial charge in [0.15, 0.2) is 5.65 Å². The number of alkyl halides is 1. The van der Waals surface area contributed by atoms with Gasteiger partial charge in [0.2, 0.25) is 5.91 Å². The van der Waals surface area contributed by atoms with Gasteiger partial charge in [-0.3, -0.25) is 4.79 Å². The fraction of sp³-hybridized carbons (Fsp3) is 0.500. The number of imidazole rings is 1. The predicted octanol–water partition coefficient (Wildman–Crippen LogP) is 2.13. The minimum atomic E-state index is -0.256. The van der Waals surface area contributed by atoms with Gasteiger partial charge in [-0.15, -0.1) is 11.6 Å². The van der Waals surface area contributed by atoms with E-state index in [2.05, 4.69) is 15.3 Å². The molecule has 0 atom stereocenters. The molecule has 0 fully saturated rings. The first-order chi connectivity index (χ1) is 9.40. The zero-order chi connectivity index (χ0) is 14.8. The monoisotopic (exact) mass is 294 g/mol. The summed E-state index contributed by atoms with van der Waals surface area (Å²) in [5.41, 5.74) is 1.25. The van der Waals surface area contributed by atoms with Gasteiger partial charge in [-0.25, -0.2) is 9.97 Å². The molecule has 2 aromatic heterocycles. The SMILES string of the molecule is CC(C)(C)NC(=O)Cn1c(CCCl)nc2cccnc21. The third-order valence-corrected chi connectivity index (χ3v) is 2.91. The highest BCUT2D eigenvalue weighted by Crippen LogP contribution is 2.14. The number of halogens is 1. The van der Waals surface area contributed by atoms with Crippen LogP contribution in [0, 0.1) is 0 Å². The van der Waals surface area contributed by atoms with Gasteiger partial charge < -0.3 is 9.88 Å². The molecule has 1 N–H and O–H groups in total. The van der Waals surface area contributed by atoms with E-state index in [4.69, 9.17) is 11.6 Å². The van der Waals surface area contributed by atoms with E-state index >= 15 is 0 Å². The summed E-state index contributed by atoms with van der Waals surface area (Å²) in [6.45, 7) is 6.07. The minimum absolute atomic E-state index is 0.0572. The van der Waals surface area contributed by atoms with E-state index in [0.717, 1.165) is 17.0 Å². The minimum Gasteiger partial charge on any atom is -0.350 e. The first kappa shape index (κ1) is 14.8. The van der Waals surface area contributed by atoms with Crippen LogP contribution in [0.15, 0.2) is 18.3 Å². The van der Waals surface area contributed by atoms with E-state index < -0.39 is 0 Å². The van der Waals surface area contributed by atoms with Crippen molar-refractivity contribution in [3.05, 3.63) is 24.2 Å². The molecule has 2 aromatic rings. The Morgan fingerprint density at radius 2 is 2.20 bits per heavy atom. The van der Waals surface area contributed by atoms with Crippen LogP contribution < -0.4 is 5.32 Å². The lowest BCUT2D eigenvalue weighted by atomic mass is 10.1. The van der Waals surface area contributed by atoms with Gasteiger partial charge >= 0.3 is 0 Å². The van der Waals surface area contributed by atoms with Gasteiger partial charge in [0.25, 0.3) is 0 Å². The standard InChI is InChI=1S/C14H19ClN4O/c1-14(2,3)18-12(20)9-19-11(6-7-15)17-10-5-4-8-16-13(10)19/h4-5,8H,6-7,9H2,1-3H3,(H,18,20). The molecule has 5 nitrogen and oxygen atoms in total. The topological polar surface area (TPSA) is 59.8 Å². The highest BCUT2D eigenvalue weighted by Gasteiger charge is 2.17. The van der Waals surface area contributed by atoms with Crippen LogP contribution in [-0.2, 0) is 17.8 Å². The second-order valence-electron chi connectivity index (χ2n) is 5.70. The lowest BCUT2D eigenvalue weighted by Crippen LogP contribution is -2.42. The summed E-state index contributed by atoms with van der Waals surface area (Å²) in [4.78, 5) is 20.9. The molecular weight excluding hydrogens is 276 g/mol. The van der Waals surface area contributed by atoms with Crippen LogP contribution in [0.1, 0.15) is 26.6 Å². The van der Waals surface area contributed by atoms with Gasteiger partial charge in [0.1, 0.15) is 17.9 Å². The number of pyridine rings is 1. The van der Waals surface area contributed by atoms with Crippen LogP contribution in [0.4, 0.5) is 0 Å². The molecule has 0 aliphatic carbocycles. The molecule has 0 aromatic carbocycles. The average molecular weight is 295 g/mol. The third-order valence-electron chi connectivity index (χ3n) is 2.72. The molecule has 108 valence electrons. The summed E-state index contributed by atoms with van der Waals surface area (Å²) in [5, 5.41) is 2.94. The maximum absolute atomic E-state index is 12.1. The molecule has 2 rings (SSSR count). The second kappa shape index (κ2) is 5.79. The van der Waals surface area contributed by atoms with Gasteiger partial charge in [0.05, 0.1) is 0 Å². The summed E-state index contributed by atoms with van der Waals surface area (Å²) < 4.78 is 1.83. The first-order valence-electron chi connectivity index (χ1n) is 6.58. The zero-order valence-corrected chi connectivity index (χ0v) is 12.7. The Morgan fingerprint density at radius 1 is 1.45 bits per heavy atom. The molecule has 1 amide bonds. The number of nitrogens with zero attached hydrogens (tertiary/aromatic N) is 3. The summed E-state index contributed by atoms with van der Waals surface area (Å²) in [7, 11) is 0. The van der Waals surface area contributed by atoms with Crippen LogP contribution in [-0.4, -0.2) is 31.9 Å². The maximum atomic E-state index is 12.1. The Hall–Kier alpha value is -1.62. The Morgan fingerprint density at radius 3 is 2.85 bits per heavy atom. The number of hydrogen-bond acceptors (Lipinski definition) is 3. The lowest BCUT2D eigenvalue weighted by molar-refractivity contribution is -0.123. The van der Waals surface area contributed by atoms with Crippen LogP contribution in [0.5, 0.6) is 0 Å². The maximum Gasteiger partial charge on any atom is 0.240 e. The molecule has 0 saturated heterocycles. The molecule has 0 spiro atoms. The number of aryl methyl sites for hydroxylation is 1. The van der Waals surface area contributed by atoms with Crippen molar-refractivity contribution in [1.29, 1.82) is 0 Å². The molecular formula is C14H19ClN4O. The molecule has 0 radical (unpaired) electrons. The smallest absolute Gasteiger partial charge is 0.240 e. The molecule has 0 unspecified atom stereocenters. The van der Waals surface area contributed by atoms with Gasteiger partial charge in [-0.2, -0.15) is 0 Å². The number of carbonyl (C=O) groups is 1. The summed E-state index contributed by atoms with van der Waals surface area (Å²) in [5.74, 6) is 1.19. The molecule has 20 heavy (non-hydrogen) atoms. The number of aromatic nitrogens is 3. The molecule has 0 bridgehead atoms. The van der Waals surface area contributed by atoms with Gasteiger partial charge in [-0.05, 0) is 32.9 Å². The Bertz CT molecular complexity index is 615. The Kier molecular flexibility index (Phi) is 4.28. The van der Waals surface area contributed by atoms with Crippen LogP contribution in [0.3, 0.4) is 0 Å². The molecule has 0 aliphatic heterocycles. The average Bonchev–Trinajstić information content (AvgIpc) is 2.66. The Balaban J connectivity index is 2.31. The van der Waals surface area contributed by atoms with Crippen molar-refractivity contribution in [1.82, 2.24) is 19.9 Å². The number of rotatable bonds is 4. The summed E-state index contributed by atoms with van der Waals surface area (Å²) in [6, 6.07) is 3.72. The molecule has 2 heterocycles. The van der Waals surface area contributed by atoms with E-state index in [9.17, 15) is 4.79 Å². The van der Waals surface area contributed by atoms with Crippen molar-refractivity contribution in [3.63, 3.8) is 0 Å². The largest absolute Gasteiger partial charge is 0.350 e. The number of amides is 1. The van der Waals surface area contributed by atoms with Crippen molar-refractivity contribution in [2.24, 2.45) is 0 Å². The van der Waals surface area contributed by atoms with Crippen LogP contribution in [0.2, 0.25) is 0 Å². The normalized spacial score (nSPS) is 11.8. The van der Waals surface area contributed by atoms with Crippen molar-refractivity contribution in [3.8, 4) is 0 Å². The summed E-state index contributed by atoms with van der Waals surface area (Å²) in [6.07, 6.45) is 2.31. The van der Waals surface area contributed by atoms with Gasteiger partial charge in [0, 0.05) is 24.0 Å². The number of nitrogens with one attached hydrogen (secondary N) is 1. The van der Waals surface area contributed by atoms with Crippen molar-refractivity contribution >= 4 is 28.7 Å². The highest BCUT2D eigenvalue weighted by atomic mass is 35.5. The number of carbonyl (C=O) groups excluding carboxylic acids is 1. The van der Waals surface area contributed by atoms with Crippen LogP contribution in [0.25, 0.3) is 11.2 Å². The zero-order valence-electron chi connectivity index (χ0n) is 12.0. The quantitative estimate of drug-likeness (QED) is 0.879. The van der Waals surface area contributed by atoms with E-state index in [1.54, 1.807) is 6.20 Å². The molecule has 0 saturated carbocycles. The number of hydrogen-bond donors (Lipinski definition) is 1. The Labute approximate surface area is 123 Å². The predicted molar refractivity (Wildman–Crippen MR) is 79.8 cm³/mol.